The summed E-state index contributed by atoms with van der Waals surface area (Å²) in [6.45, 7) is 1.62. The Morgan fingerprint density at radius 1 is 1.29 bits per heavy atom. The number of rotatable bonds is 4. The van der Waals surface area contributed by atoms with E-state index in [1.165, 1.54) is 6.33 Å². The molecule has 1 unspecified atom stereocenters. The molecule has 0 aliphatic carbocycles. The molecule has 0 bridgehead atoms. The van der Waals surface area contributed by atoms with Crippen molar-refractivity contribution in [1.29, 1.82) is 0 Å². The number of aliphatic hydroxyl groups is 1. The number of amides is 1. The minimum absolute atomic E-state index is 0.114. The molecule has 2 aromatic heterocycles. The van der Waals surface area contributed by atoms with Crippen LogP contribution in [0.1, 0.15) is 17.3 Å². The Balaban J connectivity index is 1.97. The number of hydrogen-bond donors (Lipinski definition) is 3. The number of benzene rings is 1. The number of fused-ring (bicyclic) bond motifs is 1. The van der Waals surface area contributed by atoms with Gasteiger partial charge in [0.1, 0.15) is 11.8 Å². The fourth-order valence-corrected chi connectivity index (χ4v) is 2.29. The lowest BCUT2D eigenvalue weighted by Crippen LogP contribution is -2.34. The van der Waals surface area contributed by atoms with Gasteiger partial charge in [0.2, 0.25) is 0 Å². The Bertz CT molecular complexity index is 897. The molecule has 3 rings (SSSR count). The third-order valence-corrected chi connectivity index (χ3v) is 3.58. The second-order valence-electron chi connectivity index (χ2n) is 5.46. The minimum Gasteiger partial charge on any atom is -0.394 e. The van der Waals surface area contributed by atoms with Crippen molar-refractivity contribution >= 4 is 22.8 Å². The van der Waals surface area contributed by atoms with Gasteiger partial charge in [-0.15, -0.1) is 0 Å². The number of hydrogen-bond acceptors (Lipinski definition) is 6. The Morgan fingerprint density at radius 3 is 2.92 bits per heavy atom. The predicted molar refractivity (Wildman–Crippen MR) is 91.2 cm³/mol. The molecule has 0 fully saturated rings. The van der Waals surface area contributed by atoms with Crippen LogP contribution >= 0.6 is 0 Å². The molecule has 0 radical (unpaired) electrons. The van der Waals surface area contributed by atoms with Crippen LogP contribution in [0.5, 0.6) is 0 Å². The summed E-state index contributed by atoms with van der Waals surface area (Å²) in [5.41, 5.74) is 8.99. The largest absolute Gasteiger partial charge is 0.394 e. The van der Waals surface area contributed by atoms with Gasteiger partial charge in [-0.3, -0.25) is 4.79 Å². The molecule has 122 valence electrons. The van der Waals surface area contributed by atoms with Crippen LogP contribution in [-0.4, -0.2) is 38.6 Å². The van der Waals surface area contributed by atoms with Gasteiger partial charge in [-0.05, 0) is 31.2 Å². The molecule has 0 saturated carbocycles. The molecule has 7 heteroatoms. The number of carbonyl (C=O) groups excluding carboxylic acids is 1. The Labute approximate surface area is 138 Å². The number of pyridine rings is 1. The van der Waals surface area contributed by atoms with Crippen molar-refractivity contribution in [2.75, 3.05) is 12.3 Å². The number of nitrogens with one attached hydrogen (secondary N) is 1. The van der Waals surface area contributed by atoms with Crippen LogP contribution in [0, 0.1) is 0 Å². The number of carbonyl (C=O) groups is 1. The predicted octanol–water partition coefficient (Wildman–Crippen LogP) is 1.38. The van der Waals surface area contributed by atoms with Gasteiger partial charge in [0, 0.05) is 17.2 Å². The zero-order valence-electron chi connectivity index (χ0n) is 13.1. The van der Waals surface area contributed by atoms with E-state index in [4.69, 9.17) is 10.8 Å². The van der Waals surface area contributed by atoms with E-state index in [-0.39, 0.29) is 18.6 Å². The zero-order chi connectivity index (χ0) is 17.1. The molecule has 3 aromatic rings. The van der Waals surface area contributed by atoms with Gasteiger partial charge >= 0.3 is 0 Å². The van der Waals surface area contributed by atoms with Crippen LogP contribution in [0.25, 0.3) is 22.3 Å². The molecule has 0 aliphatic heterocycles. The molecule has 7 nitrogen and oxygen atoms in total. The number of aliphatic hydroxyl groups excluding tert-OH is 1. The van der Waals surface area contributed by atoms with E-state index < -0.39 is 0 Å². The van der Waals surface area contributed by atoms with Crippen molar-refractivity contribution in [3.05, 3.63) is 48.3 Å². The quantitative estimate of drug-likeness (QED) is 0.668. The molecule has 1 aromatic carbocycles. The maximum absolute atomic E-state index is 12.2. The first-order valence-corrected chi connectivity index (χ1v) is 7.48. The smallest absolute Gasteiger partial charge is 0.251 e. The van der Waals surface area contributed by atoms with E-state index in [1.807, 2.05) is 18.2 Å². The van der Waals surface area contributed by atoms with Crippen molar-refractivity contribution in [3.63, 3.8) is 0 Å². The van der Waals surface area contributed by atoms with E-state index in [9.17, 15) is 4.79 Å². The SMILES string of the molecule is CC(CO)NC(=O)c1cccc(-c2ccc3ncnc(N)c3n2)c1. The molecule has 1 amide bonds. The Kier molecular flexibility index (Phi) is 4.35. The molecular formula is C17H17N5O2. The maximum atomic E-state index is 12.2. The molecular weight excluding hydrogens is 306 g/mol. The van der Waals surface area contributed by atoms with Gasteiger partial charge in [0.25, 0.3) is 5.91 Å². The highest BCUT2D eigenvalue weighted by molar-refractivity contribution is 5.95. The van der Waals surface area contributed by atoms with Gasteiger partial charge in [-0.2, -0.15) is 0 Å². The van der Waals surface area contributed by atoms with Crippen molar-refractivity contribution in [3.8, 4) is 11.3 Å². The fourth-order valence-electron chi connectivity index (χ4n) is 2.29. The lowest BCUT2D eigenvalue weighted by atomic mass is 10.1. The average Bonchev–Trinajstić information content (AvgIpc) is 2.61. The van der Waals surface area contributed by atoms with E-state index >= 15 is 0 Å². The lowest BCUT2D eigenvalue weighted by Gasteiger charge is -2.11. The average molecular weight is 323 g/mol. The summed E-state index contributed by atoms with van der Waals surface area (Å²) in [6.07, 6.45) is 1.40. The number of nitrogen functional groups attached to an aromatic ring is 1. The molecule has 24 heavy (non-hydrogen) atoms. The van der Waals surface area contributed by atoms with Gasteiger partial charge in [0.05, 0.1) is 17.8 Å². The summed E-state index contributed by atoms with van der Waals surface area (Å²) in [4.78, 5) is 24.8. The Hall–Kier alpha value is -3.06. The number of aromatic nitrogens is 3. The first-order valence-electron chi connectivity index (χ1n) is 7.48. The van der Waals surface area contributed by atoms with Crippen LogP contribution in [0.15, 0.2) is 42.7 Å². The van der Waals surface area contributed by atoms with Crippen LogP contribution in [-0.2, 0) is 0 Å². The second-order valence-corrected chi connectivity index (χ2v) is 5.46. The molecule has 0 spiro atoms. The summed E-state index contributed by atoms with van der Waals surface area (Å²) in [7, 11) is 0. The minimum atomic E-state index is -0.308. The first-order chi connectivity index (χ1) is 11.6. The van der Waals surface area contributed by atoms with E-state index in [0.29, 0.717) is 28.1 Å². The van der Waals surface area contributed by atoms with Crippen LogP contribution in [0.3, 0.4) is 0 Å². The van der Waals surface area contributed by atoms with Gasteiger partial charge < -0.3 is 16.2 Å². The maximum Gasteiger partial charge on any atom is 0.251 e. The second kappa shape index (κ2) is 6.59. The third kappa shape index (κ3) is 3.16. The van der Waals surface area contributed by atoms with E-state index in [2.05, 4.69) is 20.3 Å². The first kappa shape index (κ1) is 15.8. The van der Waals surface area contributed by atoms with Crippen LogP contribution in [0.2, 0.25) is 0 Å². The summed E-state index contributed by atoms with van der Waals surface area (Å²) in [5.74, 6) is 0.0644. The van der Waals surface area contributed by atoms with Crippen molar-refractivity contribution in [1.82, 2.24) is 20.3 Å². The highest BCUT2D eigenvalue weighted by atomic mass is 16.3. The Morgan fingerprint density at radius 2 is 2.12 bits per heavy atom. The van der Waals surface area contributed by atoms with Crippen LogP contribution in [0.4, 0.5) is 5.82 Å². The highest BCUT2D eigenvalue weighted by Gasteiger charge is 2.11. The van der Waals surface area contributed by atoms with E-state index in [1.54, 1.807) is 25.1 Å². The third-order valence-electron chi connectivity index (χ3n) is 3.58. The van der Waals surface area contributed by atoms with Crippen molar-refractivity contribution < 1.29 is 9.90 Å². The normalized spacial score (nSPS) is 12.1. The summed E-state index contributed by atoms with van der Waals surface area (Å²) < 4.78 is 0. The molecule has 2 heterocycles. The molecule has 4 N–H and O–H groups in total. The summed E-state index contributed by atoms with van der Waals surface area (Å²) in [6, 6.07) is 10.4. The van der Waals surface area contributed by atoms with Crippen molar-refractivity contribution in [2.45, 2.75) is 13.0 Å². The topological polar surface area (TPSA) is 114 Å². The van der Waals surface area contributed by atoms with Gasteiger partial charge in [0.15, 0.2) is 5.82 Å². The number of nitrogens with zero attached hydrogens (tertiary/aromatic N) is 3. The zero-order valence-corrected chi connectivity index (χ0v) is 13.1. The molecule has 0 saturated heterocycles. The standard InChI is InChI=1S/C17H17N5O2/c1-10(8-23)21-17(24)12-4-2-3-11(7-12)13-5-6-14-15(22-13)16(18)20-9-19-14/h2-7,9-10,23H,8H2,1H3,(H,21,24)(H2,18,19,20). The lowest BCUT2D eigenvalue weighted by molar-refractivity contribution is 0.0922. The molecule has 1 atom stereocenters. The highest BCUT2D eigenvalue weighted by Crippen LogP contribution is 2.22. The molecule has 0 aliphatic rings. The van der Waals surface area contributed by atoms with Crippen molar-refractivity contribution in [2.24, 2.45) is 0 Å². The van der Waals surface area contributed by atoms with Crippen LogP contribution < -0.4 is 11.1 Å². The van der Waals surface area contributed by atoms with Gasteiger partial charge in [-0.25, -0.2) is 15.0 Å². The summed E-state index contributed by atoms with van der Waals surface area (Å²) >= 11 is 0. The fraction of sp³-hybridized carbons (Fsp3) is 0.176. The van der Waals surface area contributed by atoms with Gasteiger partial charge in [-0.1, -0.05) is 12.1 Å². The monoisotopic (exact) mass is 323 g/mol. The van der Waals surface area contributed by atoms with E-state index in [0.717, 1.165) is 5.56 Å². The summed E-state index contributed by atoms with van der Waals surface area (Å²) in [5, 5.41) is 11.8. The number of nitrogens with two attached hydrogens (primary N) is 1. The number of anilines is 1.